The molecular weight excluding hydrogens is 454 g/mol. The monoisotopic (exact) mass is 508 g/mol. The lowest BCUT2D eigenvalue weighted by Crippen LogP contribution is -2.43. The normalized spacial score (nSPS) is 12.6. The predicted octanol–water partition coefficient (Wildman–Crippen LogP) is 8.94. The van der Waals surface area contributed by atoms with Crippen molar-refractivity contribution in [2.45, 2.75) is 154 Å². The summed E-state index contributed by atoms with van der Waals surface area (Å²) in [6.07, 6.45) is 19.0. The maximum absolute atomic E-state index is 12.1. The van der Waals surface area contributed by atoms with Crippen LogP contribution in [0.4, 0.5) is 8.78 Å². The van der Waals surface area contributed by atoms with E-state index in [4.69, 9.17) is 0 Å². The van der Waals surface area contributed by atoms with Gasteiger partial charge in [0.25, 0.3) is 0 Å². The van der Waals surface area contributed by atoms with Crippen LogP contribution < -0.4 is 10.6 Å². The second kappa shape index (κ2) is 21.3. The summed E-state index contributed by atoms with van der Waals surface area (Å²) in [7, 11) is 0. The molecule has 0 atom stereocenters. The first-order chi connectivity index (χ1) is 17.2. The Morgan fingerprint density at radius 2 is 0.750 bits per heavy atom. The minimum absolute atomic E-state index is 0.202. The molecule has 2 N–H and O–H groups in total. The van der Waals surface area contributed by atoms with Gasteiger partial charge in [0.2, 0.25) is 0 Å². The number of nitrogens with zero attached hydrogens (tertiary/aromatic N) is 2. The van der Waals surface area contributed by atoms with Crippen LogP contribution in [0.3, 0.4) is 0 Å². The van der Waals surface area contributed by atoms with Crippen molar-refractivity contribution in [2.75, 3.05) is 13.3 Å². The zero-order chi connectivity index (χ0) is 27.1. The van der Waals surface area contributed by atoms with E-state index in [0.29, 0.717) is 24.2 Å². The van der Waals surface area contributed by atoms with Crippen LogP contribution in [0.5, 0.6) is 0 Å². The SMILES string of the molecule is CC(C)(CCCCCCCCCCF)N/C(C#N)=C(/C#N)NC(C)(C)CCCCCCCCCCF. The largest absolute Gasteiger partial charge is 0.369 e. The molecule has 0 aromatic heterocycles. The first-order valence-electron chi connectivity index (χ1n) is 14.4. The van der Waals surface area contributed by atoms with Crippen LogP contribution in [-0.2, 0) is 0 Å². The summed E-state index contributed by atoms with van der Waals surface area (Å²) in [6, 6.07) is 4.41. The molecule has 208 valence electrons. The van der Waals surface area contributed by atoms with Gasteiger partial charge in [-0.05, 0) is 53.4 Å². The summed E-state index contributed by atoms with van der Waals surface area (Å²) in [4.78, 5) is 0. The maximum Gasteiger partial charge on any atom is 0.148 e. The van der Waals surface area contributed by atoms with Gasteiger partial charge in [0.1, 0.15) is 23.5 Å². The molecule has 0 aliphatic rings. The third kappa shape index (κ3) is 19.4. The Kier molecular flexibility index (Phi) is 20.2. The van der Waals surface area contributed by atoms with Gasteiger partial charge in [0, 0.05) is 11.1 Å². The van der Waals surface area contributed by atoms with Crippen molar-refractivity contribution < 1.29 is 8.78 Å². The van der Waals surface area contributed by atoms with E-state index in [1.54, 1.807) is 0 Å². The van der Waals surface area contributed by atoms with Crippen LogP contribution in [0.25, 0.3) is 0 Å². The zero-order valence-corrected chi connectivity index (χ0v) is 23.8. The van der Waals surface area contributed by atoms with E-state index in [-0.39, 0.29) is 24.4 Å². The van der Waals surface area contributed by atoms with Crippen LogP contribution in [0.1, 0.15) is 143 Å². The minimum atomic E-state index is -0.273. The Bertz CT molecular complexity index is 603. The van der Waals surface area contributed by atoms with E-state index in [0.717, 1.165) is 64.2 Å². The van der Waals surface area contributed by atoms with E-state index in [1.807, 2.05) is 0 Å². The van der Waals surface area contributed by atoms with Crippen molar-refractivity contribution in [2.24, 2.45) is 0 Å². The van der Waals surface area contributed by atoms with Crippen molar-refractivity contribution in [1.82, 2.24) is 10.6 Å². The van der Waals surface area contributed by atoms with E-state index in [9.17, 15) is 19.3 Å². The summed E-state index contributed by atoms with van der Waals surface area (Å²) in [5.74, 6) is 0. The number of allylic oxidation sites excluding steroid dienone is 2. The lowest BCUT2D eigenvalue weighted by molar-refractivity contribution is 0.364. The molecule has 0 fully saturated rings. The average molecular weight is 509 g/mol. The molecule has 0 aromatic carbocycles. The molecule has 0 bridgehead atoms. The lowest BCUT2D eigenvalue weighted by atomic mass is 9.94. The molecule has 0 unspecified atom stereocenters. The Morgan fingerprint density at radius 1 is 0.500 bits per heavy atom. The summed E-state index contributed by atoms with van der Waals surface area (Å²) >= 11 is 0. The summed E-state index contributed by atoms with van der Waals surface area (Å²) in [6.45, 7) is 7.93. The summed E-state index contributed by atoms with van der Waals surface area (Å²) < 4.78 is 24.2. The fourth-order valence-electron chi connectivity index (χ4n) is 4.54. The molecule has 4 nitrogen and oxygen atoms in total. The van der Waals surface area contributed by atoms with Crippen LogP contribution in [-0.4, -0.2) is 24.4 Å². The van der Waals surface area contributed by atoms with Gasteiger partial charge in [0.05, 0.1) is 13.3 Å². The summed E-state index contributed by atoms with van der Waals surface area (Å²) in [5.41, 5.74) is 0.0858. The number of nitrogens with one attached hydrogen (secondary N) is 2. The van der Waals surface area contributed by atoms with Crippen LogP contribution in [0.2, 0.25) is 0 Å². The zero-order valence-electron chi connectivity index (χ0n) is 23.8. The number of hydrogen-bond donors (Lipinski definition) is 2. The molecule has 0 radical (unpaired) electrons. The Morgan fingerprint density at radius 3 is 1.00 bits per heavy atom. The quantitative estimate of drug-likeness (QED) is 0.101. The lowest BCUT2D eigenvalue weighted by Gasteiger charge is -2.30. The van der Waals surface area contributed by atoms with Crippen LogP contribution in [0.15, 0.2) is 11.4 Å². The fraction of sp³-hybridized carbons (Fsp3) is 0.867. The number of halogens is 2. The molecule has 0 rings (SSSR count). The van der Waals surface area contributed by atoms with Crippen molar-refractivity contribution >= 4 is 0 Å². The summed E-state index contributed by atoms with van der Waals surface area (Å²) in [5, 5.41) is 26.2. The average Bonchev–Trinajstić information content (AvgIpc) is 2.84. The van der Waals surface area contributed by atoms with E-state index in [1.165, 1.54) is 38.5 Å². The van der Waals surface area contributed by atoms with Crippen LogP contribution >= 0.6 is 0 Å². The molecule has 6 heteroatoms. The van der Waals surface area contributed by atoms with E-state index in [2.05, 4.69) is 50.5 Å². The van der Waals surface area contributed by atoms with Gasteiger partial charge in [-0.1, -0.05) is 89.9 Å². The predicted molar refractivity (Wildman–Crippen MR) is 148 cm³/mol. The smallest absolute Gasteiger partial charge is 0.148 e. The highest BCUT2D eigenvalue weighted by molar-refractivity contribution is 5.36. The molecule has 0 heterocycles. The van der Waals surface area contributed by atoms with E-state index < -0.39 is 0 Å². The Labute approximate surface area is 221 Å². The van der Waals surface area contributed by atoms with Gasteiger partial charge in [-0.3, -0.25) is 8.78 Å². The number of rotatable bonds is 24. The number of hydrogen-bond acceptors (Lipinski definition) is 4. The molecule has 36 heavy (non-hydrogen) atoms. The third-order valence-electron chi connectivity index (χ3n) is 6.77. The van der Waals surface area contributed by atoms with Crippen molar-refractivity contribution in [3.63, 3.8) is 0 Å². The highest BCUT2D eigenvalue weighted by atomic mass is 19.1. The minimum Gasteiger partial charge on any atom is -0.369 e. The van der Waals surface area contributed by atoms with Crippen molar-refractivity contribution in [3.8, 4) is 12.1 Å². The first-order valence-corrected chi connectivity index (χ1v) is 14.4. The molecule has 0 aliphatic carbocycles. The topological polar surface area (TPSA) is 71.6 Å². The highest BCUT2D eigenvalue weighted by Crippen LogP contribution is 2.21. The van der Waals surface area contributed by atoms with Gasteiger partial charge in [0.15, 0.2) is 0 Å². The van der Waals surface area contributed by atoms with Gasteiger partial charge >= 0.3 is 0 Å². The molecule has 0 aliphatic heterocycles. The highest BCUT2D eigenvalue weighted by Gasteiger charge is 2.24. The van der Waals surface area contributed by atoms with Crippen molar-refractivity contribution in [3.05, 3.63) is 11.4 Å². The fourth-order valence-corrected chi connectivity index (χ4v) is 4.54. The molecular formula is C30H54F2N4. The Balaban J connectivity index is 4.44. The number of unbranched alkanes of at least 4 members (excludes halogenated alkanes) is 14. The third-order valence-corrected chi connectivity index (χ3v) is 6.77. The first kappa shape index (κ1) is 34.2. The standard InChI is InChI=1S/C30H54F2N4/c1-29(2,21-17-13-9-5-7-11-15-19-23-31)35-27(25-33)28(26-34)36-30(3,4)22-18-14-10-6-8-12-16-20-24-32/h35-36H,5-24H2,1-4H3/b28-27-. The molecule has 0 amide bonds. The second-order valence-electron chi connectivity index (χ2n) is 11.5. The van der Waals surface area contributed by atoms with E-state index >= 15 is 0 Å². The molecule has 0 aromatic rings. The van der Waals surface area contributed by atoms with Gasteiger partial charge in [-0.15, -0.1) is 0 Å². The second-order valence-corrected chi connectivity index (χ2v) is 11.5. The molecule has 0 saturated carbocycles. The van der Waals surface area contributed by atoms with Crippen LogP contribution in [0, 0.1) is 22.7 Å². The van der Waals surface area contributed by atoms with Crippen molar-refractivity contribution in [1.29, 1.82) is 10.5 Å². The molecule has 0 spiro atoms. The van der Waals surface area contributed by atoms with Gasteiger partial charge < -0.3 is 10.6 Å². The van der Waals surface area contributed by atoms with Gasteiger partial charge in [-0.25, -0.2) is 0 Å². The maximum atomic E-state index is 12.1. The number of nitriles is 2. The molecule has 0 saturated heterocycles. The number of alkyl halides is 2. The van der Waals surface area contributed by atoms with Gasteiger partial charge in [-0.2, -0.15) is 10.5 Å². The Hall–Kier alpha value is -1.82.